The van der Waals surface area contributed by atoms with Crippen molar-refractivity contribution in [2.45, 2.75) is 26.8 Å². The van der Waals surface area contributed by atoms with Crippen LogP contribution in [0.25, 0.3) is 11.0 Å². The molecule has 0 aliphatic carbocycles. The monoisotopic (exact) mass is 379 g/mol. The second-order valence-electron chi connectivity index (χ2n) is 6.37. The summed E-state index contributed by atoms with van der Waals surface area (Å²) in [4.78, 5) is 41.6. The van der Waals surface area contributed by atoms with Crippen molar-refractivity contribution < 1.29 is 14.3 Å². The molecule has 1 amide bonds. The molecule has 0 aliphatic heterocycles. The van der Waals surface area contributed by atoms with Gasteiger partial charge in [-0.3, -0.25) is 9.59 Å². The van der Waals surface area contributed by atoms with Crippen LogP contribution in [0.3, 0.4) is 0 Å². The number of aromatic nitrogens is 2. The molecule has 3 rings (SSSR count). The second kappa shape index (κ2) is 8.04. The molecule has 3 aromatic rings. The van der Waals surface area contributed by atoms with E-state index in [0.29, 0.717) is 11.3 Å². The lowest BCUT2D eigenvalue weighted by molar-refractivity contribution is -0.116. The van der Waals surface area contributed by atoms with Gasteiger partial charge in [-0.15, -0.1) is 0 Å². The fourth-order valence-corrected chi connectivity index (χ4v) is 3.03. The molecule has 144 valence electrons. The van der Waals surface area contributed by atoms with Crippen molar-refractivity contribution in [3.05, 3.63) is 69.6 Å². The predicted molar refractivity (Wildman–Crippen MR) is 107 cm³/mol. The van der Waals surface area contributed by atoms with E-state index in [9.17, 15) is 14.4 Å². The average Bonchev–Trinajstić information content (AvgIpc) is 2.69. The molecule has 0 bridgehead atoms. The van der Waals surface area contributed by atoms with Crippen LogP contribution in [0.2, 0.25) is 0 Å². The molecule has 0 spiro atoms. The Labute approximate surface area is 162 Å². The van der Waals surface area contributed by atoms with Crippen molar-refractivity contribution >= 4 is 28.6 Å². The molecule has 0 saturated carbocycles. The Kier molecular flexibility index (Phi) is 5.54. The summed E-state index contributed by atoms with van der Waals surface area (Å²) in [5.41, 5.74) is 2.19. The highest BCUT2D eigenvalue weighted by molar-refractivity contribution is 5.95. The first kappa shape index (κ1) is 19.3. The summed E-state index contributed by atoms with van der Waals surface area (Å²) >= 11 is 0. The van der Waals surface area contributed by atoms with E-state index >= 15 is 0 Å². The number of rotatable bonds is 5. The highest BCUT2D eigenvalue weighted by atomic mass is 16.5. The maximum absolute atomic E-state index is 12.7. The van der Waals surface area contributed by atoms with E-state index in [2.05, 4.69) is 10.3 Å². The van der Waals surface area contributed by atoms with Crippen molar-refractivity contribution in [3.63, 3.8) is 0 Å². The third-order valence-corrected chi connectivity index (χ3v) is 4.45. The minimum atomic E-state index is -0.752. The molecular weight excluding hydrogens is 358 g/mol. The molecule has 0 fully saturated rings. The summed E-state index contributed by atoms with van der Waals surface area (Å²) in [5.74, 6) is -1.04. The number of carbonyl (C=O) groups excluding carboxylic acids is 2. The Morgan fingerprint density at radius 1 is 1.18 bits per heavy atom. The van der Waals surface area contributed by atoms with E-state index < -0.39 is 11.4 Å². The molecule has 2 aromatic heterocycles. The SMILES string of the molecule is CCc1ccccc1NC(=O)Cn1cc(C(=O)OC)c(=O)c2ccc(C)nc21. The number of nitrogens with one attached hydrogen (secondary N) is 1. The van der Waals surface area contributed by atoms with Gasteiger partial charge in [0.15, 0.2) is 0 Å². The number of nitrogens with zero attached hydrogens (tertiary/aromatic N) is 2. The molecule has 1 aromatic carbocycles. The summed E-state index contributed by atoms with van der Waals surface area (Å²) in [6, 6.07) is 10.8. The molecule has 0 saturated heterocycles. The standard InChI is InChI=1S/C21H21N3O4/c1-4-14-7-5-6-8-17(14)23-18(25)12-24-11-16(21(27)28-3)19(26)15-10-9-13(2)22-20(15)24/h5-11H,4,12H2,1-3H3,(H,23,25). The van der Waals surface area contributed by atoms with Gasteiger partial charge in [-0.1, -0.05) is 25.1 Å². The molecular formula is C21H21N3O4. The zero-order valence-electron chi connectivity index (χ0n) is 16.0. The van der Waals surface area contributed by atoms with Crippen LogP contribution in [-0.4, -0.2) is 28.5 Å². The quantitative estimate of drug-likeness (QED) is 0.689. The first-order chi connectivity index (χ1) is 13.4. The molecule has 1 N–H and O–H groups in total. The number of benzene rings is 1. The van der Waals surface area contributed by atoms with E-state index in [1.807, 2.05) is 31.2 Å². The second-order valence-corrected chi connectivity index (χ2v) is 6.37. The lowest BCUT2D eigenvalue weighted by Crippen LogP contribution is -2.25. The number of methoxy groups -OCH3 is 1. The minimum absolute atomic E-state index is 0.102. The fraction of sp³-hybridized carbons (Fsp3) is 0.238. The summed E-state index contributed by atoms with van der Waals surface area (Å²) in [6.07, 6.45) is 2.11. The van der Waals surface area contributed by atoms with Crippen LogP contribution in [-0.2, 0) is 22.5 Å². The first-order valence-corrected chi connectivity index (χ1v) is 8.91. The van der Waals surface area contributed by atoms with E-state index in [4.69, 9.17) is 4.74 Å². The zero-order chi connectivity index (χ0) is 20.3. The molecule has 7 heteroatoms. The van der Waals surface area contributed by atoms with Gasteiger partial charge in [-0.25, -0.2) is 9.78 Å². The predicted octanol–water partition coefficient (Wildman–Crippen LogP) is 2.69. The lowest BCUT2D eigenvalue weighted by Gasteiger charge is -2.14. The van der Waals surface area contributed by atoms with Gasteiger partial charge >= 0.3 is 5.97 Å². The Bertz CT molecular complexity index is 1120. The Morgan fingerprint density at radius 3 is 2.64 bits per heavy atom. The number of hydrogen-bond donors (Lipinski definition) is 1. The van der Waals surface area contributed by atoms with Crippen molar-refractivity contribution in [1.29, 1.82) is 0 Å². The lowest BCUT2D eigenvalue weighted by atomic mass is 10.1. The largest absolute Gasteiger partial charge is 0.465 e. The smallest absolute Gasteiger partial charge is 0.343 e. The minimum Gasteiger partial charge on any atom is -0.465 e. The van der Waals surface area contributed by atoms with Crippen LogP contribution in [0, 0.1) is 6.92 Å². The van der Waals surface area contributed by atoms with Gasteiger partial charge < -0.3 is 14.6 Å². The molecule has 2 heterocycles. The number of pyridine rings is 2. The number of para-hydroxylation sites is 1. The van der Waals surface area contributed by atoms with Gasteiger partial charge in [0.2, 0.25) is 11.3 Å². The number of aryl methyl sites for hydroxylation is 2. The zero-order valence-corrected chi connectivity index (χ0v) is 16.0. The average molecular weight is 379 g/mol. The molecule has 7 nitrogen and oxygen atoms in total. The highest BCUT2D eigenvalue weighted by Crippen LogP contribution is 2.16. The number of fused-ring (bicyclic) bond motifs is 1. The van der Waals surface area contributed by atoms with E-state index in [1.54, 1.807) is 19.1 Å². The number of ether oxygens (including phenoxy) is 1. The van der Waals surface area contributed by atoms with Crippen LogP contribution in [0.4, 0.5) is 5.69 Å². The molecule has 0 atom stereocenters. The Balaban J connectivity index is 2.03. The topological polar surface area (TPSA) is 90.3 Å². The van der Waals surface area contributed by atoms with Gasteiger partial charge in [-0.2, -0.15) is 0 Å². The fourth-order valence-electron chi connectivity index (χ4n) is 3.03. The van der Waals surface area contributed by atoms with E-state index in [1.165, 1.54) is 17.9 Å². The van der Waals surface area contributed by atoms with E-state index in [0.717, 1.165) is 17.7 Å². The number of amides is 1. The normalized spacial score (nSPS) is 10.7. The molecule has 28 heavy (non-hydrogen) atoms. The molecule has 0 radical (unpaired) electrons. The Morgan fingerprint density at radius 2 is 1.93 bits per heavy atom. The maximum atomic E-state index is 12.7. The third kappa shape index (κ3) is 3.78. The van der Waals surface area contributed by atoms with Crippen LogP contribution >= 0.6 is 0 Å². The number of hydrogen-bond acceptors (Lipinski definition) is 5. The number of carbonyl (C=O) groups is 2. The maximum Gasteiger partial charge on any atom is 0.343 e. The third-order valence-electron chi connectivity index (χ3n) is 4.45. The van der Waals surface area contributed by atoms with Crippen molar-refractivity contribution in [2.75, 3.05) is 12.4 Å². The highest BCUT2D eigenvalue weighted by Gasteiger charge is 2.18. The number of esters is 1. The molecule has 0 aliphatic rings. The van der Waals surface area contributed by atoms with E-state index in [-0.39, 0.29) is 23.4 Å². The van der Waals surface area contributed by atoms with Crippen LogP contribution < -0.4 is 10.7 Å². The van der Waals surface area contributed by atoms with Gasteiger partial charge in [0, 0.05) is 17.6 Å². The van der Waals surface area contributed by atoms with Crippen LogP contribution in [0.15, 0.2) is 47.4 Å². The summed E-state index contributed by atoms with van der Waals surface area (Å²) in [6.45, 7) is 3.70. The van der Waals surface area contributed by atoms with Gasteiger partial charge in [0.1, 0.15) is 17.8 Å². The van der Waals surface area contributed by atoms with Crippen molar-refractivity contribution in [1.82, 2.24) is 9.55 Å². The van der Waals surface area contributed by atoms with Gasteiger partial charge in [0.25, 0.3) is 0 Å². The van der Waals surface area contributed by atoms with Gasteiger partial charge in [-0.05, 0) is 37.1 Å². The number of anilines is 1. The summed E-state index contributed by atoms with van der Waals surface area (Å²) in [5, 5.41) is 3.14. The van der Waals surface area contributed by atoms with Crippen LogP contribution in [0.1, 0.15) is 28.5 Å². The van der Waals surface area contributed by atoms with Crippen molar-refractivity contribution in [2.24, 2.45) is 0 Å². The van der Waals surface area contributed by atoms with Gasteiger partial charge in [0.05, 0.1) is 12.5 Å². The summed E-state index contributed by atoms with van der Waals surface area (Å²) < 4.78 is 6.20. The summed E-state index contributed by atoms with van der Waals surface area (Å²) in [7, 11) is 1.21. The van der Waals surface area contributed by atoms with Crippen LogP contribution in [0.5, 0.6) is 0 Å². The van der Waals surface area contributed by atoms with Crippen molar-refractivity contribution in [3.8, 4) is 0 Å². The molecule has 0 unspecified atom stereocenters. The Hall–Kier alpha value is -3.48. The first-order valence-electron chi connectivity index (χ1n) is 8.91.